The van der Waals surface area contributed by atoms with Gasteiger partial charge in [-0.3, -0.25) is 0 Å². The van der Waals surface area contributed by atoms with Crippen LogP contribution in [0.15, 0.2) is 41.1 Å². The fraction of sp³-hybridized carbons (Fsp3) is 0.167. The van der Waals surface area contributed by atoms with Crippen LogP contribution in [0.5, 0.6) is 0 Å². The first-order chi connectivity index (χ1) is 12.4. The highest BCUT2D eigenvalue weighted by atomic mass is 16.3. The number of aryl methyl sites for hydroxylation is 1. The first kappa shape index (κ1) is 13.0. The van der Waals surface area contributed by atoms with Crippen molar-refractivity contribution in [3.05, 3.63) is 47.8 Å². The maximum atomic E-state index is 6.07. The minimum Gasteiger partial charge on any atom is -0.432 e. The quantitative estimate of drug-likeness (QED) is 0.470. The summed E-state index contributed by atoms with van der Waals surface area (Å²) in [5.74, 6) is 0. The molecular weight excluding hydrogens is 316 g/mol. The van der Waals surface area contributed by atoms with Gasteiger partial charge in [-0.05, 0) is 40.8 Å². The molecule has 0 saturated carbocycles. The number of nitrogens with zero attached hydrogens (tertiary/aromatic N) is 6. The molecule has 0 bridgehead atoms. The molecule has 1 aliphatic carbocycles. The SMILES string of the molecule is c1ccc(-c2nc3oc4c(ncn5nnnc45)c3c3c2CCC3)cc1. The van der Waals surface area contributed by atoms with Crippen LogP contribution < -0.4 is 0 Å². The Bertz CT molecular complexity index is 1270. The van der Waals surface area contributed by atoms with Gasteiger partial charge in [-0.1, -0.05) is 30.3 Å². The fourth-order valence-corrected chi connectivity index (χ4v) is 3.85. The summed E-state index contributed by atoms with van der Waals surface area (Å²) in [6, 6.07) is 10.3. The molecule has 0 spiro atoms. The third-order valence-corrected chi connectivity index (χ3v) is 4.92. The number of hydrogen-bond acceptors (Lipinski definition) is 6. The predicted octanol–water partition coefficient (Wildman–Crippen LogP) is 2.97. The van der Waals surface area contributed by atoms with Gasteiger partial charge in [0.15, 0.2) is 0 Å². The molecule has 5 aromatic rings. The predicted molar refractivity (Wildman–Crippen MR) is 91.1 cm³/mol. The molecule has 0 atom stereocenters. The van der Waals surface area contributed by atoms with Crippen LogP contribution in [-0.2, 0) is 12.8 Å². The van der Waals surface area contributed by atoms with Gasteiger partial charge >= 0.3 is 0 Å². The molecule has 7 nitrogen and oxygen atoms in total. The summed E-state index contributed by atoms with van der Waals surface area (Å²) in [7, 11) is 0. The highest BCUT2D eigenvalue weighted by Gasteiger charge is 2.26. The highest BCUT2D eigenvalue weighted by Crippen LogP contribution is 2.39. The number of pyridine rings is 1. The molecule has 0 saturated heterocycles. The Morgan fingerprint density at radius 2 is 1.92 bits per heavy atom. The van der Waals surface area contributed by atoms with Crippen LogP contribution >= 0.6 is 0 Å². The van der Waals surface area contributed by atoms with Crippen molar-refractivity contribution in [3.8, 4) is 11.3 Å². The van der Waals surface area contributed by atoms with Crippen molar-refractivity contribution >= 4 is 27.8 Å². The molecule has 6 rings (SSSR count). The van der Waals surface area contributed by atoms with Crippen molar-refractivity contribution in [2.24, 2.45) is 0 Å². The number of benzene rings is 1. The first-order valence-electron chi connectivity index (χ1n) is 8.26. The molecule has 1 aromatic carbocycles. The summed E-state index contributed by atoms with van der Waals surface area (Å²) in [5, 5.41) is 12.7. The van der Waals surface area contributed by atoms with Gasteiger partial charge in [0.05, 0.1) is 11.1 Å². The summed E-state index contributed by atoms with van der Waals surface area (Å²) in [6.07, 6.45) is 4.79. The third kappa shape index (κ3) is 1.67. The summed E-state index contributed by atoms with van der Waals surface area (Å²) in [4.78, 5) is 9.40. The second kappa shape index (κ2) is 4.60. The van der Waals surface area contributed by atoms with E-state index >= 15 is 0 Å². The van der Waals surface area contributed by atoms with E-state index in [1.165, 1.54) is 15.6 Å². The Morgan fingerprint density at radius 3 is 2.84 bits per heavy atom. The van der Waals surface area contributed by atoms with Gasteiger partial charge < -0.3 is 4.42 Å². The third-order valence-electron chi connectivity index (χ3n) is 4.92. The molecule has 0 fully saturated rings. The standard InChI is InChI=1S/C18H12N6O/c1-2-5-10(6-3-1)14-12-8-4-7-11(12)13-15-16(25-18(13)20-14)17-21-22-23-24(17)9-19-15/h1-3,5-6,9H,4,7-8H2. The molecule has 0 amide bonds. The number of rotatable bonds is 1. The molecule has 0 N–H and O–H groups in total. The molecule has 1 aliphatic rings. The van der Waals surface area contributed by atoms with E-state index in [9.17, 15) is 0 Å². The van der Waals surface area contributed by atoms with Crippen molar-refractivity contribution < 1.29 is 4.42 Å². The Kier molecular flexibility index (Phi) is 2.39. The van der Waals surface area contributed by atoms with Crippen LogP contribution in [0.25, 0.3) is 39.1 Å². The lowest BCUT2D eigenvalue weighted by Crippen LogP contribution is -1.94. The van der Waals surface area contributed by atoms with Crippen molar-refractivity contribution in [2.45, 2.75) is 19.3 Å². The second-order valence-corrected chi connectivity index (χ2v) is 6.29. The van der Waals surface area contributed by atoms with Crippen molar-refractivity contribution in [1.82, 2.24) is 30.0 Å². The summed E-state index contributed by atoms with van der Waals surface area (Å²) in [5.41, 5.74) is 7.29. The Balaban J connectivity index is 1.78. The number of tetrazole rings is 1. The van der Waals surface area contributed by atoms with Gasteiger partial charge in [-0.15, -0.1) is 5.10 Å². The van der Waals surface area contributed by atoms with E-state index in [0.717, 1.165) is 41.4 Å². The van der Waals surface area contributed by atoms with Gasteiger partial charge in [-0.25, -0.2) is 9.97 Å². The lowest BCUT2D eigenvalue weighted by Gasteiger charge is -2.08. The number of hydrogen-bond donors (Lipinski definition) is 0. The maximum Gasteiger partial charge on any atom is 0.230 e. The Morgan fingerprint density at radius 1 is 1.04 bits per heavy atom. The zero-order chi connectivity index (χ0) is 16.4. The topological polar surface area (TPSA) is 82.0 Å². The van der Waals surface area contributed by atoms with Crippen LogP contribution in [0.4, 0.5) is 0 Å². The van der Waals surface area contributed by atoms with E-state index in [1.54, 1.807) is 6.33 Å². The Labute approximate surface area is 141 Å². The smallest absolute Gasteiger partial charge is 0.230 e. The molecule has 4 heterocycles. The van der Waals surface area contributed by atoms with Gasteiger partial charge in [-0.2, -0.15) is 4.52 Å². The lowest BCUT2D eigenvalue weighted by atomic mass is 10.0. The van der Waals surface area contributed by atoms with Gasteiger partial charge in [0, 0.05) is 5.56 Å². The van der Waals surface area contributed by atoms with E-state index in [4.69, 9.17) is 9.40 Å². The van der Waals surface area contributed by atoms with Gasteiger partial charge in [0.25, 0.3) is 0 Å². The summed E-state index contributed by atoms with van der Waals surface area (Å²) in [6.45, 7) is 0. The van der Waals surface area contributed by atoms with Crippen LogP contribution in [-0.4, -0.2) is 30.0 Å². The van der Waals surface area contributed by atoms with E-state index in [-0.39, 0.29) is 0 Å². The Hall–Kier alpha value is -3.35. The van der Waals surface area contributed by atoms with Crippen LogP contribution in [0.3, 0.4) is 0 Å². The van der Waals surface area contributed by atoms with Gasteiger partial charge in [0.2, 0.25) is 16.9 Å². The maximum absolute atomic E-state index is 6.07. The monoisotopic (exact) mass is 328 g/mol. The molecule has 120 valence electrons. The molecule has 0 radical (unpaired) electrons. The largest absolute Gasteiger partial charge is 0.432 e. The molecule has 25 heavy (non-hydrogen) atoms. The number of furan rings is 1. The normalized spacial score (nSPS) is 13.9. The molecule has 0 aliphatic heterocycles. The highest BCUT2D eigenvalue weighted by molar-refractivity contribution is 6.08. The zero-order valence-electron chi connectivity index (χ0n) is 13.2. The minimum absolute atomic E-state index is 0.566. The van der Waals surface area contributed by atoms with E-state index in [2.05, 4.69) is 32.6 Å². The fourth-order valence-electron chi connectivity index (χ4n) is 3.85. The average Bonchev–Trinajstić information content (AvgIpc) is 3.37. The molecule has 4 aromatic heterocycles. The lowest BCUT2D eigenvalue weighted by molar-refractivity contribution is 0.653. The van der Waals surface area contributed by atoms with Crippen LogP contribution in [0, 0.1) is 0 Å². The van der Waals surface area contributed by atoms with E-state index in [1.807, 2.05) is 18.2 Å². The van der Waals surface area contributed by atoms with Crippen molar-refractivity contribution in [2.75, 3.05) is 0 Å². The molecule has 0 unspecified atom stereocenters. The van der Waals surface area contributed by atoms with Gasteiger partial charge in [0.1, 0.15) is 11.8 Å². The van der Waals surface area contributed by atoms with E-state index in [0.29, 0.717) is 16.9 Å². The zero-order valence-corrected chi connectivity index (χ0v) is 13.2. The molecule has 7 heteroatoms. The van der Waals surface area contributed by atoms with E-state index < -0.39 is 0 Å². The number of fused-ring (bicyclic) bond motifs is 7. The minimum atomic E-state index is 0.566. The first-order valence-corrected chi connectivity index (χ1v) is 8.26. The van der Waals surface area contributed by atoms with Crippen molar-refractivity contribution in [3.63, 3.8) is 0 Å². The van der Waals surface area contributed by atoms with Crippen LogP contribution in [0.1, 0.15) is 17.5 Å². The van der Waals surface area contributed by atoms with Crippen LogP contribution in [0.2, 0.25) is 0 Å². The second-order valence-electron chi connectivity index (χ2n) is 6.29. The van der Waals surface area contributed by atoms with Crippen molar-refractivity contribution in [1.29, 1.82) is 0 Å². The average molecular weight is 328 g/mol. The summed E-state index contributed by atoms with van der Waals surface area (Å²) < 4.78 is 7.59. The summed E-state index contributed by atoms with van der Waals surface area (Å²) >= 11 is 0. The molecular formula is C18H12N6O. The number of aromatic nitrogens is 6.